The summed E-state index contributed by atoms with van der Waals surface area (Å²) in [5, 5.41) is 21.2. The molecule has 0 aliphatic carbocycles. The zero-order valence-corrected chi connectivity index (χ0v) is 12.9. The Hall–Kier alpha value is -1.14. The molecule has 0 saturated heterocycles. The molecular weight excluding hydrogens is 294 g/mol. The van der Waals surface area contributed by atoms with E-state index in [1.165, 1.54) is 5.56 Å². The Bertz CT molecular complexity index is 370. The average molecular weight is 329 g/mol. The van der Waals surface area contributed by atoms with Crippen molar-refractivity contribution in [2.24, 2.45) is 0 Å². The normalized spacial score (nSPS) is 12.7. The van der Waals surface area contributed by atoms with Gasteiger partial charge in [0.2, 0.25) is 0 Å². The smallest absolute Gasteiger partial charge is 0.122 e. The summed E-state index contributed by atoms with van der Waals surface area (Å²) in [4.78, 5) is 0. The maximum Gasteiger partial charge on any atom is 0.122 e. The molecule has 0 bridgehead atoms. The second-order valence-corrected chi connectivity index (χ2v) is 5.08. The van der Waals surface area contributed by atoms with Gasteiger partial charge in [-0.25, -0.2) is 0 Å². The van der Waals surface area contributed by atoms with E-state index in [0.717, 1.165) is 12.2 Å². The molecule has 2 atom stereocenters. The molecular formula is C18H35NO4. The Morgan fingerprint density at radius 2 is 1.78 bits per heavy atom. The number of aliphatic hydroxyl groups excluding tert-OH is 2. The molecule has 136 valence electrons. The van der Waals surface area contributed by atoms with Crippen LogP contribution in [0.3, 0.4) is 0 Å². The van der Waals surface area contributed by atoms with Gasteiger partial charge in [0.05, 0.1) is 25.9 Å². The van der Waals surface area contributed by atoms with Crippen molar-refractivity contribution in [3.05, 3.63) is 29.8 Å². The average Bonchev–Trinajstić information content (AvgIpc) is 2.48. The lowest BCUT2D eigenvalue weighted by atomic mass is 10.2. The quantitative estimate of drug-likeness (QED) is 0.544. The standard InChI is InChI=1S/C16H27NO4.2CH4/c1-3-15(21-16-6-4-13(2)5-7-16)12-20-11-14(19)10-17-8-9-18;;/h4-7,14-15,17-19H,3,8-12H2,1-2H3;2*1H4. The number of nitrogens with one attached hydrogen (secondary N) is 1. The summed E-state index contributed by atoms with van der Waals surface area (Å²) < 4.78 is 11.3. The van der Waals surface area contributed by atoms with Gasteiger partial charge in [0, 0.05) is 13.1 Å². The maximum atomic E-state index is 9.67. The van der Waals surface area contributed by atoms with Gasteiger partial charge in [-0.3, -0.25) is 0 Å². The van der Waals surface area contributed by atoms with Crippen LogP contribution in [-0.2, 0) is 4.74 Å². The molecule has 0 radical (unpaired) electrons. The third-order valence-electron chi connectivity index (χ3n) is 3.06. The lowest BCUT2D eigenvalue weighted by Crippen LogP contribution is -2.33. The van der Waals surface area contributed by atoms with Gasteiger partial charge in [0.1, 0.15) is 11.9 Å². The second-order valence-electron chi connectivity index (χ2n) is 5.08. The molecule has 0 amide bonds. The molecule has 3 N–H and O–H groups in total. The lowest BCUT2D eigenvalue weighted by molar-refractivity contribution is -0.000452. The Balaban J connectivity index is 0. The van der Waals surface area contributed by atoms with Crippen molar-refractivity contribution in [3.8, 4) is 5.75 Å². The van der Waals surface area contributed by atoms with E-state index in [1.807, 2.05) is 38.1 Å². The molecule has 0 heterocycles. The van der Waals surface area contributed by atoms with Crippen LogP contribution in [0, 0.1) is 6.92 Å². The predicted octanol–water partition coefficient (Wildman–Crippen LogP) is 2.38. The molecule has 5 nitrogen and oxygen atoms in total. The maximum absolute atomic E-state index is 9.67. The Kier molecular flexibility index (Phi) is 15.2. The van der Waals surface area contributed by atoms with Gasteiger partial charge in [0.15, 0.2) is 0 Å². The molecule has 0 spiro atoms. The highest BCUT2D eigenvalue weighted by molar-refractivity contribution is 5.26. The van der Waals surface area contributed by atoms with Crippen LogP contribution in [-0.4, -0.2) is 55.3 Å². The molecule has 0 saturated carbocycles. The summed E-state index contributed by atoms with van der Waals surface area (Å²) in [7, 11) is 0. The van der Waals surface area contributed by atoms with Gasteiger partial charge in [-0.15, -0.1) is 0 Å². The van der Waals surface area contributed by atoms with Gasteiger partial charge in [-0.1, -0.05) is 39.5 Å². The molecule has 1 aromatic rings. The fourth-order valence-corrected chi connectivity index (χ4v) is 1.79. The Morgan fingerprint density at radius 1 is 1.13 bits per heavy atom. The van der Waals surface area contributed by atoms with Gasteiger partial charge in [-0.2, -0.15) is 0 Å². The summed E-state index contributed by atoms with van der Waals surface area (Å²) in [6.45, 7) is 5.74. The number of aryl methyl sites for hydroxylation is 1. The van der Waals surface area contributed by atoms with E-state index in [4.69, 9.17) is 14.6 Å². The van der Waals surface area contributed by atoms with Crippen LogP contribution >= 0.6 is 0 Å². The van der Waals surface area contributed by atoms with Gasteiger partial charge < -0.3 is 25.0 Å². The van der Waals surface area contributed by atoms with Crippen molar-refractivity contribution in [2.45, 2.75) is 47.3 Å². The molecule has 0 fully saturated rings. The predicted molar refractivity (Wildman–Crippen MR) is 96.1 cm³/mol. The van der Waals surface area contributed by atoms with E-state index >= 15 is 0 Å². The Labute approximate surface area is 141 Å². The summed E-state index contributed by atoms with van der Waals surface area (Å²) in [5.41, 5.74) is 1.20. The first-order chi connectivity index (χ1) is 10.2. The minimum atomic E-state index is -0.576. The SMILES string of the molecule is C.C.CCC(COCC(O)CNCCO)Oc1ccc(C)cc1. The first kappa shape index (κ1) is 24.1. The van der Waals surface area contributed by atoms with Crippen LogP contribution in [0.15, 0.2) is 24.3 Å². The number of rotatable bonds is 11. The van der Waals surface area contributed by atoms with Crippen LogP contribution < -0.4 is 10.1 Å². The van der Waals surface area contributed by atoms with Crippen LogP contribution in [0.4, 0.5) is 0 Å². The van der Waals surface area contributed by atoms with Gasteiger partial charge >= 0.3 is 0 Å². The summed E-state index contributed by atoms with van der Waals surface area (Å²) in [6.07, 6.45) is 0.242. The fourth-order valence-electron chi connectivity index (χ4n) is 1.79. The van der Waals surface area contributed by atoms with E-state index < -0.39 is 6.10 Å². The minimum Gasteiger partial charge on any atom is -0.488 e. The molecule has 1 aromatic carbocycles. The van der Waals surface area contributed by atoms with Crippen LogP contribution in [0.2, 0.25) is 0 Å². The third kappa shape index (κ3) is 11.1. The van der Waals surface area contributed by atoms with Crippen molar-refractivity contribution in [1.82, 2.24) is 5.32 Å². The number of hydrogen-bond donors (Lipinski definition) is 3. The zero-order chi connectivity index (χ0) is 15.5. The number of aliphatic hydroxyl groups is 2. The largest absolute Gasteiger partial charge is 0.488 e. The van der Waals surface area contributed by atoms with Gasteiger partial charge in [0.25, 0.3) is 0 Å². The van der Waals surface area contributed by atoms with Crippen LogP contribution in [0.1, 0.15) is 33.8 Å². The first-order valence-corrected chi connectivity index (χ1v) is 7.46. The number of ether oxygens (including phenoxy) is 2. The van der Waals surface area contributed by atoms with Crippen molar-refractivity contribution < 1.29 is 19.7 Å². The fraction of sp³-hybridized carbons (Fsp3) is 0.667. The molecule has 0 aliphatic rings. The number of benzene rings is 1. The molecule has 0 aromatic heterocycles. The van der Waals surface area contributed by atoms with Crippen molar-refractivity contribution in [2.75, 3.05) is 32.9 Å². The van der Waals surface area contributed by atoms with Crippen molar-refractivity contribution in [3.63, 3.8) is 0 Å². The van der Waals surface area contributed by atoms with E-state index in [-0.39, 0.29) is 34.2 Å². The van der Waals surface area contributed by atoms with Crippen LogP contribution in [0.5, 0.6) is 5.75 Å². The molecule has 23 heavy (non-hydrogen) atoms. The minimum absolute atomic E-state index is 0. The summed E-state index contributed by atoms with van der Waals surface area (Å²) in [5.74, 6) is 0.834. The zero-order valence-electron chi connectivity index (χ0n) is 12.9. The topological polar surface area (TPSA) is 71.0 Å². The van der Waals surface area contributed by atoms with Gasteiger partial charge in [-0.05, 0) is 25.5 Å². The second kappa shape index (κ2) is 14.5. The van der Waals surface area contributed by atoms with Crippen LogP contribution in [0.25, 0.3) is 0 Å². The highest BCUT2D eigenvalue weighted by atomic mass is 16.5. The van der Waals surface area contributed by atoms with Crippen molar-refractivity contribution >= 4 is 0 Å². The number of hydrogen-bond acceptors (Lipinski definition) is 5. The molecule has 5 heteroatoms. The third-order valence-corrected chi connectivity index (χ3v) is 3.06. The lowest BCUT2D eigenvalue weighted by Gasteiger charge is -2.19. The first-order valence-electron chi connectivity index (χ1n) is 7.46. The Morgan fingerprint density at radius 3 is 2.35 bits per heavy atom. The van der Waals surface area contributed by atoms with E-state index in [0.29, 0.717) is 19.7 Å². The van der Waals surface area contributed by atoms with E-state index in [1.54, 1.807) is 0 Å². The summed E-state index contributed by atoms with van der Waals surface area (Å²) >= 11 is 0. The summed E-state index contributed by atoms with van der Waals surface area (Å²) in [6, 6.07) is 7.93. The monoisotopic (exact) mass is 329 g/mol. The van der Waals surface area contributed by atoms with E-state index in [2.05, 4.69) is 5.32 Å². The molecule has 0 aliphatic heterocycles. The molecule has 2 unspecified atom stereocenters. The highest BCUT2D eigenvalue weighted by Crippen LogP contribution is 2.14. The highest BCUT2D eigenvalue weighted by Gasteiger charge is 2.10. The van der Waals surface area contributed by atoms with E-state index in [9.17, 15) is 5.11 Å². The molecule has 1 rings (SSSR count). The van der Waals surface area contributed by atoms with Crippen molar-refractivity contribution in [1.29, 1.82) is 0 Å².